The molecule has 3 rings (SSSR count). The first kappa shape index (κ1) is 17.1. The Labute approximate surface area is 146 Å². The molecule has 1 unspecified atom stereocenters. The van der Waals surface area contributed by atoms with Crippen LogP contribution in [0.15, 0.2) is 60.7 Å². The van der Waals surface area contributed by atoms with Crippen molar-refractivity contribution in [2.75, 3.05) is 6.61 Å². The molecule has 0 amide bonds. The first-order valence-electron chi connectivity index (χ1n) is 8.69. The van der Waals surface area contributed by atoms with Gasteiger partial charge in [0.15, 0.2) is 0 Å². The molecule has 1 fully saturated rings. The van der Waals surface area contributed by atoms with E-state index in [-0.39, 0.29) is 11.0 Å². The number of hydrogen-bond acceptors (Lipinski definition) is 2. The minimum absolute atomic E-state index is 0.00126. The minimum Gasteiger partial charge on any atom is -0.407 e. The standard InChI is InChI=1S/C21H26O2Si/c1-21(2,3)24(19-10-6-4-7-11-19,20-12-8-5-9-13-20)23-16-18-14-17(18)15-22/h4-13,15,17-18H,14,16H2,1-3H3/t17?,18-/m1/s1. The Morgan fingerprint density at radius 3 is 1.88 bits per heavy atom. The molecule has 2 atom stereocenters. The van der Waals surface area contributed by atoms with Gasteiger partial charge in [-0.25, -0.2) is 0 Å². The second kappa shape index (κ2) is 6.65. The molecule has 24 heavy (non-hydrogen) atoms. The Hall–Kier alpha value is -1.71. The van der Waals surface area contributed by atoms with Gasteiger partial charge in [0.1, 0.15) is 6.29 Å². The number of aldehydes is 1. The molecule has 2 nitrogen and oxygen atoms in total. The summed E-state index contributed by atoms with van der Waals surface area (Å²) in [7, 11) is -2.43. The molecule has 0 saturated heterocycles. The van der Waals surface area contributed by atoms with E-state index in [1.807, 2.05) is 0 Å². The summed E-state index contributed by atoms with van der Waals surface area (Å²) >= 11 is 0. The lowest BCUT2D eigenvalue weighted by atomic mass is 10.2. The third-order valence-electron chi connectivity index (χ3n) is 5.08. The van der Waals surface area contributed by atoms with Gasteiger partial charge in [0.05, 0.1) is 0 Å². The molecule has 0 aromatic heterocycles. The molecule has 0 spiro atoms. The predicted octanol–water partition coefficient (Wildman–Crippen LogP) is 3.40. The number of carbonyl (C=O) groups is 1. The fourth-order valence-electron chi connectivity index (χ4n) is 3.62. The van der Waals surface area contributed by atoms with Crippen molar-refractivity contribution in [3.05, 3.63) is 60.7 Å². The lowest BCUT2D eigenvalue weighted by Gasteiger charge is -2.43. The highest BCUT2D eigenvalue weighted by atomic mass is 28.4. The molecular weight excluding hydrogens is 312 g/mol. The summed E-state index contributed by atoms with van der Waals surface area (Å²) in [5, 5.41) is 2.60. The van der Waals surface area contributed by atoms with Crippen LogP contribution in [-0.4, -0.2) is 21.2 Å². The van der Waals surface area contributed by atoms with Gasteiger partial charge in [0.25, 0.3) is 8.32 Å². The lowest BCUT2D eigenvalue weighted by molar-refractivity contribution is -0.109. The second-order valence-corrected chi connectivity index (χ2v) is 12.1. The maximum atomic E-state index is 11.0. The van der Waals surface area contributed by atoms with Crippen LogP contribution in [0.25, 0.3) is 0 Å². The summed E-state index contributed by atoms with van der Waals surface area (Å²) in [5.41, 5.74) is 0. The molecule has 2 aromatic carbocycles. The highest BCUT2D eigenvalue weighted by Gasteiger charge is 2.51. The first-order valence-corrected chi connectivity index (χ1v) is 10.6. The van der Waals surface area contributed by atoms with Gasteiger partial charge in [0.2, 0.25) is 0 Å². The maximum absolute atomic E-state index is 11.0. The van der Waals surface area contributed by atoms with Crippen LogP contribution < -0.4 is 10.4 Å². The number of benzene rings is 2. The summed E-state index contributed by atoms with van der Waals surface area (Å²) in [6.45, 7) is 7.52. The van der Waals surface area contributed by atoms with E-state index in [0.29, 0.717) is 12.5 Å². The molecule has 2 aromatic rings. The van der Waals surface area contributed by atoms with E-state index in [1.165, 1.54) is 10.4 Å². The highest BCUT2D eigenvalue weighted by Crippen LogP contribution is 2.41. The van der Waals surface area contributed by atoms with Crippen molar-refractivity contribution >= 4 is 25.0 Å². The highest BCUT2D eigenvalue weighted by molar-refractivity contribution is 6.99. The Morgan fingerprint density at radius 2 is 1.50 bits per heavy atom. The Kier molecular flexibility index (Phi) is 4.75. The van der Waals surface area contributed by atoms with Gasteiger partial charge in [-0.05, 0) is 27.8 Å². The van der Waals surface area contributed by atoms with Crippen LogP contribution in [0.5, 0.6) is 0 Å². The van der Waals surface area contributed by atoms with Crippen LogP contribution >= 0.6 is 0 Å². The van der Waals surface area contributed by atoms with Gasteiger partial charge in [-0.1, -0.05) is 81.4 Å². The van der Waals surface area contributed by atoms with E-state index < -0.39 is 8.32 Å². The SMILES string of the molecule is CC(C)(C)[Si](OC[C@H]1CC1C=O)(c1ccccc1)c1ccccc1. The van der Waals surface area contributed by atoms with Gasteiger partial charge in [-0.15, -0.1) is 0 Å². The summed E-state index contributed by atoms with van der Waals surface area (Å²) in [4.78, 5) is 11.0. The molecule has 0 radical (unpaired) electrons. The van der Waals surface area contributed by atoms with Crippen molar-refractivity contribution in [3.63, 3.8) is 0 Å². The number of rotatable bonds is 6. The van der Waals surface area contributed by atoms with Crippen LogP contribution in [0.2, 0.25) is 5.04 Å². The smallest absolute Gasteiger partial charge is 0.261 e. The van der Waals surface area contributed by atoms with Crippen molar-refractivity contribution in [1.82, 2.24) is 0 Å². The summed E-state index contributed by atoms with van der Waals surface area (Å²) in [6, 6.07) is 21.3. The van der Waals surface area contributed by atoms with E-state index in [9.17, 15) is 4.79 Å². The maximum Gasteiger partial charge on any atom is 0.261 e. The van der Waals surface area contributed by atoms with Crippen LogP contribution in [0.1, 0.15) is 27.2 Å². The molecule has 1 aliphatic carbocycles. The van der Waals surface area contributed by atoms with Gasteiger partial charge < -0.3 is 9.22 Å². The Bertz CT molecular complexity index is 636. The average molecular weight is 339 g/mol. The zero-order valence-electron chi connectivity index (χ0n) is 14.7. The van der Waals surface area contributed by atoms with Crippen molar-refractivity contribution < 1.29 is 9.22 Å². The van der Waals surface area contributed by atoms with Crippen molar-refractivity contribution in [2.24, 2.45) is 11.8 Å². The summed E-state index contributed by atoms with van der Waals surface area (Å²) in [6.07, 6.45) is 2.06. The largest absolute Gasteiger partial charge is 0.407 e. The van der Waals surface area contributed by atoms with Gasteiger partial charge >= 0.3 is 0 Å². The molecule has 0 N–H and O–H groups in total. The second-order valence-electron chi connectivity index (χ2n) is 7.77. The normalized spacial score (nSPS) is 20.6. The van der Waals surface area contributed by atoms with Gasteiger partial charge in [-0.2, -0.15) is 0 Å². The van der Waals surface area contributed by atoms with E-state index in [2.05, 4.69) is 81.4 Å². The lowest BCUT2D eigenvalue weighted by Crippen LogP contribution is -2.66. The van der Waals surface area contributed by atoms with E-state index in [1.54, 1.807) is 0 Å². The summed E-state index contributed by atoms with van der Waals surface area (Å²) in [5.74, 6) is 0.590. The van der Waals surface area contributed by atoms with Gasteiger partial charge in [-0.3, -0.25) is 0 Å². The average Bonchev–Trinajstić information content (AvgIpc) is 3.35. The van der Waals surface area contributed by atoms with E-state index in [4.69, 9.17) is 4.43 Å². The molecule has 126 valence electrons. The van der Waals surface area contributed by atoms with Crippen LogP contribution in [0.4, 0.5) is 0 Å². The van der Waals surface area contributed by atoms with Crippen molar-refractivity contribution in [3.8, 4) is 0 Å². The molecule has 0 bridgehead atoms. The molecule has 1 saturated carbocycles. The number of carbonyl (C=O) groups excluding carboxylic acids is 1. The molecule has 0 aliphatic heterocycles. The molecule has 1 aliphatic rings. The fourth-order valence-corrected chi connectivity index (χ4v) is 8.24. The first-order chi connectivity index (χ1) is 11.5. The Morgan fingerprint density at radius 1 is 1.00 bits per heavy atom. The van der Waals surface area contributed by atoms with E-state index >= 15 is 0 Å². The molecule has 0 heterocycles. The molecular formula is C21H26O2Si. The van der Waals surface area contributed by atoms with Crippen LogP contribution in [-0.2, 0) is 9.22 Å². The van der Waals surface area contributed by atoms with Crippen LogP contribution in [0.3, 0.4) is 0 Å². The quantitative estimate of drug-likeness (QED) is 0.596. The van der Waals surface area contributed by atoms with Crippen molar-refractivity contribution in [1.29, 1.82) is 0 Å². The third-order valence-corrected chi connectivity index (χ3v) is 10.1. The fraction of sp³-hybridized carbons (Fsp3) is 0.381. The van der Waals surface area contributed by atoms with Crippen LogP contribution in [0, 0.1) is 11.8 Å². The summed E-state index contributed by atoms with van der Waals surface area (Å²) < 4.78 is 6.80. The topological polar surface area (TPSA) is 26.3 Å². The zero-order valence-corrected chi connectivity index (χ0v) is 15.7. The third kappa shape index (κ3) is 3.11. The van der Waals surface area contributed by atoms with Gasteiger partial charge in [0, 0.05) is 12.5 Å². The Balaban J connectivity index is 2.05. The minimum atomic E-state index is -2.43. The monoisotopic (exact) mass is 338 g/mol. The zero-order chi connectivity index (χ0) is 17.2. The van der Waals surface area contributed by atoms with Crippen molar-refractivity contribution in [2.45, 2.75) is 32.2 Å². The molecule has 3 heteroatoms. The predicted molar refractivity (Wildman–Crippen MR) is 101 cm³/mol. The number of hydrogen-bond donors (Lipinski definition) is 0. The van der Waals surface area contributed by atoms with E-state index in [0.717, 1.165) is 12.7 Å².